The molecule has 0 saturated carbocycles. The molecule has 0 unspecified atom stereocenters. The number of fused-ring (bicyclic) bond motifs is 1. The molecule has 0 bridgehead atoms. The molecule has 2 nitrogen and oxygen atoms in total. The minimum atomic E-state index is 0.767. The van der Waals surface area contributed by atoms with Gasteiger partial charge in [0.05, 0.1) is 7.05 Å². The first-order valence-electron chi connectivity index (χ1n) is 5.90. The van der Waals surface area contributed by atoms with Crippen LogP contribution in [-0.2, 0) is 7.05 Å². The normalized spacial score (nSPS) is 11.1. The van der Waals surface area contributed by atoms with Crippen molar-refractivity contribution in [2.75, 3.05) is 0 Å². The Balaban J connectivity index is 2.40. The van der Waals surface area contributed by atoms with Crippen molar-refractivity contribution in [2.24, 2.45) is 7.05 Å². The Hall–Kier alpha value is -1.80. The summed E-state index contributed by atoms with van der Waals surface area (Å²) >= 11 is 6.08. The maximum Gasteiger partial charge on any atom is 0.259 e. The molecular formula is C15H14ClN2+. The number of halogens is 1. The van der Waals surface area contributed by atoms with Crippen LogP contribution < -0.4 is 4.57 Å². The fourth-order valence-electron chi connectivity index (χ4n) is 2.36. The van der Waals surface area contributed by atoms with Crippen molar-refractivity contribution in [2.45, 2.75) is 6.92 Å². The lowest BCUT2D eigenvalue weighted by Gasteiger charge is -1.98. The van der Waals surface area contributed by atoms with Crippen LogP contribution in [0.15, 0.2) is 48.5 Å². The van der Waals surface area contributed by atoms with Gasteiger partial charge in [0.15, 0.2) is 11.0 Å². The summed E-state index contributed by atoms with van der Waals surface area (Å²) in [6, 6.07) is 16.4. The van der Waals surface area contributed by atoms with E-state index in [1.54, 1.807) is 0 Å². The van der Waals surface area contributed by atoms with Crippen LogP contribution in [0.1, 0.15) is 5.82 Å². The Morgan fingerprint density at radius 1 is 1.06 bits per heavy atom. The van der Waals surface area contributed by atoms with Crippen molar-refractivity contribution in [1.29, 1.82) is 0 Å². The molecule has 0 N–H and O–H groups in total. The summed E-state index contributed by atoms with van der Waals surface area (Å²) in [6.45, 7) is 2.11. The Kier molecular flexibility index (Phi) is 2.60. The molecule has 18 heavy (non-hydrogen) atoms. The fraction of sp³-hybridized carbons (Fsp3) is 0.133. The molecule has 0 aliphatic carbocycles. The van der Waals surface area contributed by atoms with E-state index in [0.29, 0.717) is 0 Å². The Labute approximate surface area is 111 Å². The van der Waals surface area contributed by atoms with Gasteiger partial charge in [0.2, 0.25) is 0 Å². The zero-order chi connectivity index (χ0) is 12.7. The van der Waals surface area contributed by atoms with E-state index in [0.717, 1.165) is 10.5 Å². The third kappa shape index (κ3) is 1.61. The molecule has 3 heteroatoms. The van der Waals surface area contributed by atoms with Crippen LogP contribution in [0.25, 0.3) is 16.7 Å². The van der Waals surface area contributed by atoms with Gasteiger partial charge in [-0.2, -0.15) is 4.57 Å². The van der Waals surface area contributed by atoms with Crippen LogP contribution >= 0.6 is 11.6 Å². The standard InChI is InChI=1S/C15H14ClN2/c1-11-17(2)15-10-12(16)8-9-14(15)18(11)13-6-4-3-5-7-13/h3-10H,1-2H3/q+1. The second kappa shape index (κ2) is 4.14. The van der Waals surface area contributed by atoms with Gasteiger partial charge in [-0.25, -0.2) is 4.57 Å². The summed E-state index contributed by atoms with van der Waals surface area (Å²) in [5.74, 6) is 1.18. The molecule has 1 aromatic heterocycles. The Morgan fingerprint density at radius 2 is 1.78 bits per heavy atom. The number of hydrogen-bond acceptors (Lipinski definition) is 0. The van der Waals surface area contributed by atoms with Crippen molar-refractivity contribution in [3.05, 3.63) is 59.4 Å². The molecule has 0 aliphatic rings. The largest absolute Gasteiger partial charge is 0.259 e. The molecule has 3 aromatic rings. The molecule has 0 fully saturated rings. The highest BCUT2D eigenvalue weighted by Gasteiger charge is 2.20. The summed E-state index contributed by atoms with van der Waals surface area (Å²) < 4.78 is 4.40. The number of aryl methyl sites for hydroxylation is 1. The van der Waals surface area contributed by atoms with Crippen molar-refractivity contribution in [3.8, 4) is 5.69 Å². The molecular weight excluding hydrogens is 244 g/mol. The van der Waals surface area contributed by atoms with E-state index < -0.39 is 0 Å². The summed E-state index contributed by atoms with van der Waals surface area (Å²) in [4.78, 5) is 0. The van der Waals surface area contributed by atoms with E-state index in [9.17, 15) is 0 Å². The monoisotopic (exact) mass is 257 g/mol. The Morgan fingerprint density at radius 3 is 2.50 bits per heavy atom. The smallest absolute Gasteiger partial charge is 0.230 e. The molecule has 90 valence electrons. The average molecular weight is 258 g/mol. The molecule has 3 rings (SSSR count). The summed E-state index contributed by atoms with van der Waals surface area (Å²) in [5, 5.41) is 0.767. The summed E-state index contributed by atoms with van der Waals surface area (Å²) in [6.07, 6.45) is 0. The summed E-state index contributed by atoms with van der Waals surface area (Å²) in [7, 11) is 2.06. The highest BCUT2D eigenvalue weighted by atomic mass is 35.5. The fourth-order valence-corrected chi connectivity index (χ4v) is 2.52. The van der Waals surface area contributed by atoms with E-state index in [4.69, 9.17) is 11.6 Å². The molecule has 2 aromatic carbocycles. The second-order valence-corrected chi connectivity index (χ2v) is 4.85. The number of benzene rings is 2. The summed E-state index contributed by atoms with van der Waals surface area (Å²) in [5.41, 5.74) is 3.48. The number of hydrogen-bond donors (Lipinski definition) is 0. The Bertz CT molecular complexity index is 714. The van der Waals surface area contributed by atoms with Gasteiger partial charge in [0.1, 0.15) is 5.69 Å². The number of nitrogens with zero attached hydrogens (tertiary/aromatic N) is 2. The SMILES string of the molecule is Cc1n(-c2ccccc2)c2ccc(Cl)cc2[n+]1C. The third-order valence-electron chi connectivity index (χ3n) is 3.36. The maximum atomic E-state index is 6.08. The van der Waals surface area contributed by atoms with Crippen molar-refractivity contribution >= 4 is 22.6 Å². The lowest BCUT2D eigenvalue weighted by Crippen LogP contribution is -2.30. The predicted octanol–water partition coefficient (Wildman–Crippen LogP) is 3.42. The van der Waals surface area contributed by atoms with Crippen LogP contribution in [0.3, 0.4) is 0 Å². The first-order valence-corrected chi connectivity index (χ1v) is 6.28. The maximum absolute atomic E-state index is 6.08. The lowest BCUT2D eigenvalue weighted by atomic mass is 10.3. The van der Waals surface area contributed by atoms with E-state index in [1.807, 2.05) is 18.2 Å². The molecule has 0 radical (unpaired) electrons. The molecule has 1 heterocycles. The van der Waals surface area contributed by atoms with Crippen LogP contribution in [-0.4, -0.2) is 4.57 Å². The van der Waals surface area contributed by atoms with E-state index in [1.165, 1.54) is 17.0 Å². The first-order chi connectivity index (χ1) is 8.68. The zero-order valence-electron chi connectivity index (χ0n) is 10.4. The van der Waals surface area contributed by atoms with Gasteiger partial charge in [-0.05, 0) is 24.3 Å². The molecule has 0 saturated heterocycles. The van der Waals surface area contributed by atoms with Gasteiger partial charge in [0, 0.05) is 18.0 Å². The highest BCUT2D eigenvalue weighted by Crippen LogP contribution is 2.22. The number of rotatable bonds is 1. The van der Waals surface area contributed by atoms with Crippen molar-refractivity contribution in [3.63, 3.8) is 0 Å². The lowest BCUT2D eigenvalue weighted by molar-refractivity contribution is -0.652. The molecule has 0 aliphatic heterocycles. The third-order valence-corrected chi connectivity index (χ3v) is 3.60. The van der Waals surface area contributed by atoms with Gasteiger partial charge in [-0.3, -0.25) is 0 Å². The van der Waals surface area contributed by atoms with Crippen LogP contribution in [0.4, 0.5) is 0 Å². The van der Waals surface area contributed by atoms with E-state index >= 15 is 0 Å². The van der Waals surface area contributed by atoms with Gasteiger partial charge in [-0.1, -0.05) is 29.8 Å². The van der Waals surface area contributed by atoms with Crippen LogP contribution in [0.2, 0.25) is 5.02 Å². The molecule has 0 atom stereocenters. The zero-order valence-corrected chi connectivity index (χ0v) is 11.1. The van der Waals surface area contributed by atoms with E-state index in [-0.39, 0.29) is 0 Å². The topological polar surface area (TPSA) is 8.81 Å². The first kappa shape index (κ1) is 11.3. The van der Waals surface area contributed by atoms with Gasteiger partial charge in [0.25, 0.3) is 5.82 Å². The quantitative estimate of drug-likeness (QED) is 0.591. The number of imidazole rings is 1. The predicted molar refractivity (Wildman–Crippen MR) is 74.2 cm³/mol. The minimum absolute atomic E-state index is 0.767. The average Bonchev–Trinajstić information content (AvgIpc) is 2.64. The highest BCUT2D eigenvalue weighted by molar-refractivity contribution is 6.31. The van der Waals surface area contributed by atoms with Crippen LogP contribution in [0.5, 0.6) is 0 Å². The van der Waals surface area contributed by atoms with Crippen molar-refractivity contribution < 1.29 is 4.57 Å². The molecule has 0 spiro atoms. The van der Waals surface area contributed by atoms with Gasteiger partial charge >= 0.3 is 0 Å². The van der Waals surface area contributed by atoms with E-state index in [2.05, 4.69) is 53.4 Å². The number of aromatic nitrogens is 2. The van der Waals surface area contributed by atoms with Gasteiger partial charge < -0.3 is 0 Å². The van der Waals surface area contributed by atoms with Gasteiger partial charge in [-0.15, -0.1) is 0 Å². The minimum Gasteiger partial charge on any atom is -0.230 e. The number of para-hydroxylation sites is 1. The second-order valence-electron chi connectivity index (χ2n) is 4.41. The van der Waals surface area contributed by atoms with Crippen LogP contribution in [0, 0.1) is 6.92 Å². The van der Waals surface area contributed by atoms with Crippen molar-refractivity contribution in [1.82, 2.24) is 4.57 Å². The molecule has 0 amide bonds.